The molecule has 0 saturated heterocycles. The number of hydrogen-bond donors (Lipinski definition) is 1. The second-order valence-corrected chi connectivity index (χ2v) is 5.62. The van der Waals surface area contributed by atoms with Crippen LogP contribution in [0.1, 0.15) is 17.7 Å². The number of rotatable bonds is 8. The van der Waals surface area contributed by atoms with Crippen LogP contribution in [-0.2, 0) is 13.1 Å². The van der Waals surface area contributed by atoms with Crippen LogP contribution >= 0.6 is 0 Å². The van der Waals surface area contributed by atoms with Crippen LogP contribution in [0.4, 0.5) is 0 Å². The molecule has 0 spiro atoms. The quantitative estimate of drug-likeness (QED) is 0.810. The molecule has 1 aromatic carbocycles. The Morgan fingerprint density at radius 2 is 1.90 bits per heavy atom. The molecule has 0 unspecified atom stereocenters. The number of phenolic OH excluding ortho intramolecular Hbond substituents is 1. The van der Waals surface area contributed by atoms with E-state index in [4.69, 9.17) is 4.42 Å². The molecule has 0 atom stereocenters. The highest BCUT2D eigenvalue weighted by Crippen LogP contribution is 2.15. The van der Waals surface area contributed by atoms with Gasteiger partial charge in [0, 0.05) is 13.1 Å². The SMILES string of the molecule is CN(C)CCCN(Cc1cccc(O)c1)Cc1ccco1. The van der Waals surface area contributed by atoms with Crippen molar-refractivity contribution in [2.45, 2.75) is 19.5 Å². The molecule has 0 radical (unpaired) electrons. The molecule has 21 heavy (non-hydrogen) atoms. The van der Waals surface area contributed by atoms with Crippen molar-refractivity contribution in [1.29, 1.82) is 0 Å². The second-order valence-electron chi connectivity index (χ2n) is 5.62. The van der Waals surface area contributed by atoms with E-state index < -0.39 is 0 Å². The molecule has 1 heterocycles. The predicted octanol–water partition coefficient (Wildman–Crippen LogP) is 2.94. The molecular weight excluding hydrogens is 264 g/mol. The predicted molar refractivity (Wildman–Crippen MR) is 84.1 cm³/mol. The van der Waals surface area contributed by atoms with Crippen molar-refractivity contribution in [3.05, 3.63) is 54.0 Å². The third kappa shape index (κ3) is 5.61. The first-order valence-corrected chi connectivity index (χ1v) is 7.31. The standard InChI is InChI=1S/C17H24N2O2/c1-18(2)9-5-10-19(14-17-8-4-11-21-17)13-15-6-3-7-16(20)12-15/h3-4,6-8,11-12,20H,5,9-10,13-14H2,1-2H3. The number of benzene rings is 1. The minimum Gasteiger partial charge on any atom is -0.508 e. The maximum atomic E-state index is 9.59. The van der Waals surface area contributed by atoms with Gasteiger partial charge in [-0.1, -0.05) is 12.1 Å². The van der Waals surface area contributed by atoms with Gasteiger partial charge < -0.3 is 14.4 Å². The Balaban J connectivity index is 1.96. The minimum atomic E-state index is 0.318. The van der Waals surface area contributed by atoms with Gasteiger partial charge in [-0.15, -0.1) is 0 Å². The topological polar surface area (TPSA) is 39.9 Å². The summed E-state index contributed by atoms with van der Waals surface area (Å²) >= 11 is 0. The summed E-state index contributed by atoms with van der Waals surface area (Å²) in [4.78, 5) is 4.54. The van der Waals surface area contributed by atoms with Crippen molar-refractivity contribution in [3.63, 3.8) is 0 Å². The summed E-state index contributed by atoms with van der Waals surface area (Å²) in [5, 5.41) is 9.59. The van der Waals surface area contributed by atoms with E-state index in [9.17, 15) is 5.11 Å². The molecule has 2 aromatic rings. The van der Waals surface area contributed by atoms with Gasteiger partial charge in [0.25, 0.3) is 0 Å². The van der Waals surface area contributed by atoms with E-state index in [-0.39, 0.29) is 0 Å². The molecule has 1 aromatic heterocycles. The Bertz CT molecular complexity index is 523. The van der Waals surface area contributed by atoms with Gasteiger partial charge in [-0.3, -0.25) is 4.90 Å². The first-order chi connectivity index (χ1) is 10.1. The molecule has 0 aliphatic carbocycles. The molecule has 0 saturated carbocycles. The Labute approximate surface area is 126 Å². The molecule has 0 bridgehead atoms. The molecule has 0 aliphatic heterocycles. The van der Waals surface area contributed by atoms with Crippen molar-refractivity contribution in [2.24, 2.45) is 0 Å². The lowest BCUT2D eigenvalue weighted by Crippen LogP contribution is -2.26. The van der Waals surface area contributed by atoms with Gasteiger partial charge >= 0.3 is 0 Å². The Morgan fingerprint density at radius 3 is 2.57 bits per heavy atom. The Hall–Kier alpha value is -1.78. The third-order valence-corrected chi connectivity index (χ3v) is 3.36. The van der Waals surface area contributed by atoms with Crippen LogP contribution in [0.15, 0.2) is 47.1 Å². The highest BCUT2D eigenvalue weighted by molar-refractivity contribution is 5.27. The Kier molecular flexibility index (Phi) is 5.84. The average molecular weight is 288 g/mol. The largest absolute Gasteiger partial charge is 0.508 e. The molecule has 0 fully saturated rings. The molecule has 4 heteroatoms. The van der Waals surface area contributed by atoms with Gasteiger partial charge in [0.1, 0.15) is 11.5 Å². The third-order valence-electron chi connectivity index (χ3n) is 3.36. The number of hydrogen-bond acceptors (Lipinski definition) is 4. The lowest BCUT2D eigenvalue weighted by molar-refractivity contribution is 0.222. The molecule has 4 nitrogen and oxygen atoms in total. The van der Waals surface area contributed by atoms with Gasteiger partial charge in [-0.2, -0.15) is 0 Å². The highest BCUT2D eigenvalue weighted by atomic mass is 16.3. The number of furan rings is 1. The second kappa shape index (κ2) is 7.86. The summed E-state index contributed by atoms with van der Waals surface area (Å²) in [6, 6.07) is 11.4. The Morgan fingerprint density at radius 1 is 1.05 bits per heavy atom. The zero-order valence-corrected chi connectivity index (χ0v) is 12.8. The van der Waals surface area contributed by atoms with E-state index in [1.807, 2.05) is 30.3 Å². The van der Waals surface area contributed by atoms with E-state index in [1.165, 1.54) is 0 Å². The minimum absolute atomic E-state index is 0.318. The summed E-state index contributed by atoms with van der Waals surface area (Å²) in [6.07, 6.45) is 2.81. The van der Waals surface area contributed by atoms with E-state index in [1.54, 1.807) is 12.3 Å². The summed E-state index contributed by atoms with van der Waals surface area (Å²) in [5.74, 6) is 1.29. The maximum Gasteiger partial charge on any atom is 0.117 e. The normalized spacial score (nSPS) is 11.4. The van der Waals surface area contributed by atoms with Gasteiger partial charge in [0.2, 0.25) is 0 Å². The fraction of sp³-hybridized carbons (Fsp3) is 0.412. The van der Waals surface area contributed by atoms with Crippen LogP contribution in [0.25, 0.3) is 0 Å². The fourth-order valence-electron chi connectivity index (χ4n) is 2.36. The number of aromatic hydroxyl groups is 1. The van der Waals surface area contributed by atoms with E-state index in [0.29, 0.717) is 5.75 Å². The van der Waals surface area contributed by atoms with Crippen molar-refractivity contribution in [1.82, 2.24) is 9.80 Å². The van der Waals surface area contributed by atoms with Gasteiger partial charge in [-0.05, 0) is 56.9 Å². The molecule has 1 N–H and O–H groups in total. The van der Waals surface area contributed by atoms with Crippen LogP contribution in [0, 0.1) is 0 Å². The first kappa shape index (κ1) is 15.6. The summed E-state index contributed by atoms with van der Waals surface area (Å²) in [6.45, 7) is 3.65. The van der Waals surface area contributed by atoms with Crippen LogP contribution in [0.3, 0.4) is 0 Å². The maximum absolute atomic E-state index is 9.59. The number of nitrogens with zero attached hydrogens (tertiary/aromatic N) is 2. The zero-order valence-electron chi connectivity index (χ0n) is 12.8. The molecule has 2 rings (SSSR count). The molecule has 0 amide bonds. The van der Waals surface area contributed by atoms with E-state index >= 15 is 0 Å². The van der Waals surface area contributed by atoms with Gasteiger partial charge in [-0.25, -0.2) is 0 Å². The molecule has 0 aliphatic rings. The van der Waals surface area contributed by atoms with Crippen LogP contribution in [0.5, 0.6) is 5.75 Å². The van der Waals surface area contributed by atoms with E-state index in [2.05, 4.69) is 23.9 Å². The van der Waals surface area contributed by atoms with Crippen molar-refractivity contribution in [3.8, 4) is 5.75 Å². The van der Waals surface area contributed by atoms with Gasteiger partial charge in [0.15, 0.2) is 0 Å². The zero-order chi connectivity index (χ0) is 15.1. The average Bonchev–Trinajstić information content (AvgIpc) is 2.91. The smallest absolute Gasteiger partial charge is 0.117 e. The van der Waals surface area contributed by atoms with Crippen molar-refractivity contribution >= 4 is 0 Å². The molecule has 114 valence electrons. The highest BCUT2D eigenvalue weighted by Gasteiger charge is 2.09. The van der Waals surface area contributed by atoms with Crippen LogP contribution in [-0.4, -0.2) is 42.1 Å². The fourth-order valence-corrected chi connectivity index (χ4v) is 2.36. The van der Waals surface area contributed by atoms with E-state index in [0.717, 1.165) is 43.9 Å². The molecular formula is C17H24N2O2. The summed E-state index contributed by atoms with van der Waals surface area (Å²) in [7, 11) is 4.18. The lowest BCUT2D eigenvalue weighted by atomic mass is 10.2. The summed E-state index contributed by atoms with van der Waals surface area (Å²) < 4.78 is 5.45. The number of phenols is 1. The lowest BCUT2D eigenvalue weighted by Gasteiger charge is -2.22. The van der Waals surface area contributed by atoms with Crippen molar-refractivity contribution in [2.75, 3.05) is 27.2 Å². The summed E-state index contributed by atoms with van der Waals surface area (Å²) in [5.41, 5.74) is 1.12. The van der Waals surface area contributed by atoms with Crippen LogP contribution < -0.4 is 0 Å². The monoisotopic (exact) mass is 288 g/mol. The van der Waals surface area contributed by atoms with Crippen molar-refractivity contribution < 1.29 is 9.52 Å². The van der Waals surface area contributed by atoms with Crippen LogP contribution in [0.2, 0.25) is 0 Å². The van der Waals surface area contributed by atoms with Gasteiger partial charge in [0.05, 0.1) is 12.8 Å². The first-order valence-electron chi connectivity index (χ1n) is 7.31.